The van der Waals surface area contributed by atoms with Gasteiger partial charge in [-0.25, -0.2) is 0 Å². The van der Waals surface area contributed by atoms with Crippen LogP contribution in [0.1, 0.15) is 24.1 Å². The van der Waals surface area contributed by atoms with Crippen LogP contribution in [0, 0.1) is 0 Å². The lowest BCUT2D eigenvalue weighted by atomic mass is 10.1. The number of rotatable bonds is 3. The molecule has 1 unspecified atom stereocenters. The molecule has 3 aromatic rings. The van der Waals surface area contributed by atoms with E-state index >= 15 is 0 Å². The summed E-state index contributed by atoms with van der Waals surface area (Å²) in [6, 6.07) is 13.9. The van der Waals surface area contributed by atoms with Gasteiger partial charge in [0.05, 0.1) is 6.04 Å². The number of halogens is 2. The van der Waals surface area contributed by atoms with Crippen LogP contribution in [0.4, 0.5) is 14.5 Å². The predicted octanol–water partition coefficient (Wildman–Crippen LogP) is 5.58. The second-order valence-corrected chi connectivity index (χ2v) is 6.63. The van der Waals surface area contributed by atoms with Crippen LogP contribution in [0.15, 0.2) is 47.8 Å². The predicted molar refractivity (Wildman–Crippen MR) is 89.5 cm³/mol. The van der Waals surface area contributed by atoms with Gasteiger partial charge in [0.15, 0.2) is 0 Å². The van der Waals surface area contributed by atoms with E-state index in [1.165, 1.54) is 10.1 Å². The van der Waals surface area contributed by atoms with Crippen molar-refractivity contribution in [3.63, 3.8) is 0 Å². The fourth-order valence-corrected chi connectivity index (χ4v) is 4.03. The summed E-state index contributed by atoms with van der Waals surface area (Å²) in [5, 5.41) is 3.33. The Hall–Kier alpha value is -2.14. The minimum atomic E-state index is -2.79. The van der Waals surface area contributed by atoms with Crippen LogP contribution in [0.2, 0.25) is 0 Å². The highest BCUT2D eigenvalue weighted by molar-refractivity contribution is 7.17. The zero-order valence-corrected chi connectivity index (χ0v) is 13.3. The lowest BCUT2D eigenvalue weighted by Crippen LogP contribution is -2.18. The Kier molecular flexibility index (Phi) is 3.45. The van der Waals surface area contributed by atoms with Gasteiger partial charge in [0, 0.05) is 16.9 Å². The first-order valence-corrected chi connectivity index (χ1v) is 8.31. The van der Waals surface area contributed by atoms with Gasteiger partial charge in [0.25, 0.3) is 0 Å². The molecule has 0 bridgehead atoms. The highest BCUT2D eigenvalue weighted by atomic mass is 32.1. The maximum absolute atomic E-state index is 12.4. The third kappa shape index (κ3) is 2.55. The maximum Gasteiger partial charge on any atom is 0.387 e. The van der Waals surface area contributed by atoms with E-state index in [1.54, 1.807) is 23.5 Å². The largest absolute Gasteiger partial charge is 0.435 e. The molecule has 0 N–H and O–H groups in total. The van der Waals surface area contributed by atoms with Crippen LogP contribution < -0.4 is 9.64 Å². The molecule has 1 aromatic heterocycles. The number of hydrogen-bond donors (Lipinski definition) is 0. The van der Waals surface area contributed by atoms with Crippen molar-refractivity contribution in [3.05, 3.63) is 59.0 Å². The zero-order chi connectivity index (χ0) is 16.0. The third-order valence-corrected chi connectivity index (χ3v) is 5.25. The molecule has 0 saturated carbocycles. The molecule has 4 rings (SSSR count). The number of alkyl halides is 2. The Morgan fingerprint density at radius 2 is 2.04 bits per heavy atom. The summed E-state index contributed by atoms with van der Waals surface area (Å²) in [6.07, 6.45) is 0. The minimum Gasteiger partial charge on any atom is -0.435 e. The van der Waals surface area contributed by atoms with Gasteiger partial charge in [-0.15, -0.1) is 11.3 Å². The Bertz CT molecular complexity index is 861. The van der Waals surface area contributed by atoms with E-state index in [0.717, 1.165) is 23.4 Å². The SMILES string of the molecule is CC1c2cc(OC(F)F)ccc2CN1c1ccc2ccsc2c1. The van der Waals surface area contributed by atoms with Gasteiger partial charge in [-0.2, -0.15) is 8.78 Å². The molecule has 5 heteroatoms. The van der Waals surface area contributed by atoms with Gasteiger partial charge in [-0.1, -0.05) is 12.1 Å². The van der Waals surface area contributed by atoms with Gasteiger partial charge < -0.3 is 9.64 Å². The van der Waals surface area contributed by atoms with Crippen molar-refractivity contribution in [1.82, 2.24) is 0 Å². The van der Waals surface area contributed by atoms with Crippen LogP contribution in [0.5, 0.6) is 5.75 Å². The van der Waals surface area contributed by atoms with E-state index in [-0.39, 0.29) is 11.8 Å². The molecule has 2 nitrogen and oxygen atoms in total. The summed E-state index contributed by atoms with van der Waals surface area (Å²) >= 11 is 1.72. The monoisotopic (exact) mass is 331 g/mol. The Morgan fingerprint density at radius 1 is 1.17 bits per heavy atom. The molecule has 1 aliphatic heterocycles. The van der Waals surface area contributed by atoms with Gasteiger partial charge in [-0.05, 0) is 59.1 Å². The van der Waals surface area contributed by atoms with Crippen LogP contribution in [-0.4, -0.2) is 6.61 Å². The lowest BCUT2D eigenvalue weighted by molar-refractivity contribution is -0.0498. The van der Waals surface area contributed by atoms with Crippen molar-refractivity contribution in [2.75, 3.05) is 4.90 Å². The molecule has 2 aromatic carbocycles. The quantitative estimate of drug-likeness (QED) is 0.621. The molecule has 118 valence electrons. The van der Waals surface area contributed by atoms with Crippen LogP contribution in [0.3, 0.4) is 0 Å². The summed E-state index contributed by atoms with van der Waals surface area (Å²) in [5.41, 5.74) is 3.36. The Morgan fingerprint density at radius 3 is 2.87 bits per heavy atom. The molecule has 0 radical (unpaired) electrons. The normalized spacial score (nSPS) is 17.0. The van der Waals surface area contributed by atoms with E-state index in [9.17, 15) is 8.78 Å². The number of thiophene rings is 1. The molecular formula is C18H15F2NOS. The summed E-state index contributed by atoms with van der Waals surface area (Å²) < 4.78 is 30.6. The molecule has 23 heavy (non-hydrogen) atoms. The Balaban J connectivity index is 1.66. The first-order chi connectivity index (χ1) is 11.1. The molecule has 0 spiro atoms. The highest BCUT2D eigenvalue weighted by Crippen LogP contribution is 2.40. The van der Waals surface area contributed by atoms with Crippen LogP contribution >= 0.6 is 11.3 Å². The third-order valence-electron chi connectivity index (χ3n) is 4.37. The van der Waals surface area contributed by atoms with Gasteiger partial charge in [0.1, 0.15) is 5.75 Å². The average molecular weight is 331 g/mol. The average Bonchev–Trinajstić information content (AvgIpc) is 3.11. The first-order valence-electron chi connectivity index (χ1n) is 7.43. The first kappa shape index (κ1) is 14.5. The fourth-order valence-electron chi connectivity index (χ4n) is 3.21. The molecule has 0 fully saturated rings. The molecule has 2 heterocycles. The number of anilines is 1. The van der Waals surface area contributed by atoms with E-state index < -0.39 is 6.61 Å². The van der Waals surface area contributed by atoms with E-state index in [1.807, 2.05) is 6.07 Å². The van der Waals surface area contributed by atoms with Crippen molar-refractivity contribution in [3.8, 4) is 5.75 Å². The van der Waals surface area contributed by atoms with Gasteiger partial charge in [0.2, 0.25) is 0 Å². The lowest BCUT2D eigenvalue weighted by Gasteiger charge is -2.24. The number of fused-ring (bicyclic) bond motifs is 2. The van der Waals surface area contributed by atoms with E-state index in [4.69, 9.17) is 0 Å². The maximum atomic E-state index is 12.4. The number of hydrogen-bond acceptors (Lipinski definition) is 3. The molecule has 0 amide bonds. The second-order valence-electron chi connectivity index (χ2n) is 5.69. The number of benzene rings is 2. The smallest absolute Gasteiger partial charge is 0.387 e. The second kappa shape index (κ2) is 5.49. The summed E-state index contributed by atoms with van der Waals surface area (Å²) in [6.45, 7) is 0.0842. The minimum absolute atomic E-state index is 0.128. The van der Waals surface area contributed by atoms with E-state index in [0.29, 0.717) is 0 Å². The molecule has 1 atom stereocenters. The zero-order valence-electron chi connectivity index (χ0n) is 12.5. The molecule has 0 aliphatic carbocycles. The summed E-state index contributed by atoms with van der Waals surface area (Å²) in [7, 11) is 0. The highest BCUT2D eigenvalue weighted by Gasteiger charge is 2.27. The molecular weight excluding hydrogens is 316 g/mol. The number of nitrogens with zero attached hydrogens (tertiary/aromatic N) is 1. The standard InChI is InChI=1S/C18H15F2NOS/c1-11-16-9-15(22-18(19)20)5-3-13(16)10-21(11)14-4-2-12-6-7-23-17(12)8-14/h2-9,11,18H,10H2,1H3. The summed E-state index contributed by atoms with van der Waals surface area (Å²) in [5.74, 6) is 0.223. The van der Waals surface area contributed by atoms with Crippen molar-refractivity contribution < 1.29 is 13.5 Å². The van der Waals surface area contributed by atoms with Crippen molar-refractivity contribution >= 4 is 27.1 Å². The van der Waals surface area contributed by atoms with Crippen LogP contribution in [0.25, 0.3) is 10.1 Å². The van der Waals surface area contributed by atoms with Gasteiger partial charge in [-0.3, -0.25) is 0 Å². The van der Waals surface area contributed by atoms with Crippen molar-refractivity contribution in [2.45, 2.75) is 26.1 Å². The Labute approximate surface area is 136 Å². The van der Waals surface area contributed by atoms with Crippen molar-refractivity contribution in [1.29, 1.82) is 0 Å². The van der Waals surface area contributed by atoms with Crippen molar-refractivity contribution in [2.24, 2.45) is 0 Å². The van der Waals surface area contributed by atoms with Crippen LogP contribution in [-0.2, 0) is 6.54 Å². The topological polar surface area (TPSA) is 12.5 Å². The summed E-state index contributed by atoms with van der Waals surface area (Å²) in [4.78, 5) is 2.29. The van der Waals surface area contributed by atoms with Gasteiger partial charge >= 0.3 is 6.61 Å². The van der Waals surface area contributed by atoms with E-state index in [2.05, 4.69) is 46.2 Å². The fraction of sp³-hybridized carbons (Fsp3) is 0.222. The molecule has 0 saturated heterocycles. The molecule has 1 aliphatic rings. The number of ether oxygens (including phenoxy) is 1.